The summed E-state index contributed by atoms with van der Waals surface area (Å²) < 4.78 is 0. The SMILES string of the molecule is CC1=CN=c2[nH]ccc2=C(N2CCN(CCc3ccc4ccccc4c3)CC3(CC3)C2)C1. The van der Waals surface area contributed by atoms with Gasteiger partial charge in [-0.05, 0) is 54.2 Å². The molecule has 0 radical (unpaired) electrons. The molecule has 4 nitrogen and oxygen atoms in total. The summed E-state index contributed by atoms with van der Waals surface area (Å²) in [5.74, 6) is 0. The Bertz CT molecular complexity index is 1290. The monoisotopic (exact) mass is 424 g/mol. The fourth-order valence-corrected chi connectivity index (χ4v) is 5.51. The average Bonchev–Trinajstić information content (AvgIpc) is 3.50. The number of hydrogen-bond donors (Lipinski definition) is 1. The van der Waals surface area contributed by atoms with Crippen LogP contribution in [0.4, 0.5) is 0 Å². The van der Waals surface area contributed by atoms with Crippen molar-refractivity contribution in [1.82, 2.24) is 14.8 Å². The summed E-state index contributed by atoms with van der Waals surface area (Å²) in [5, 5.41) is 3.98. The predicted molar refractivity (Wildman–Crippen MR) is 131 cm³/mol. The van der Waals surface area contributed by atoms with E-state index in [1.165, 1.54) is 58.8 Å². The van der Waals surface area contributed by atoms with Crippen molar-refractivity contribution in [2.75, 3.05) is 32.7 Å². The van der Waals surface area contributed by atoms with E-state index in [1.54, 1.807) is 0 Å². The zero-order chi connectivity index (χ0) is 21.5. The minimum absolute atomic E-state index is 0.477. The largest absolute Gasteiger partial charge is 0.372 e. The Morgan fingerprint density at radius 2 is 1.88 bits per heavy atom. The standard InChI is InChI=1S/C28H32N4/c1-21-16-26(25-8-12-29-27(25)30-18-21)32-15-14-31(19-28(20-32)10-11-28)13-9-22-6-7-23-4-2-3-5-24(23)17-22/h2-8,12,17-18H,9-11,13-16,19-20H2,1H3,(H,29,30). The summed E-state index contributed by atoms with van der Waals surface area (Å²) in [6, 6.07) is 17.9. The molecule has 1 aromatic heterocycles. The molecule has 3 aromatic rings. The summed E-state index contributed by atoms with van der Waals surface area (Å²) in [7, 11) is 0. The van der Waals surface area contributed by atoms with Gasteiger partial charge in [0.2, 0.25) is 0 Å². The second kappa shape index (κ2) is 7.93. The molecule has 6 rings (SSSR count). The Kier molecular flexibility index (Phi) is 4.91. The maximum absolute atomic E-state index is 4.67. The number of H-pyrrole nitrogens is 1. The lowest BCUT2D eigenvalue weighted by molar-refractivity contribution is 0.250. The van der Waals surface area contributed by atoms with Crippen LogP contribution in [-0.2, 0) is 6.42 Å². The van der Waals surface area contributed by atoms with Crippen LogP contribution < -0.4 is 10.7 Å². The van der Waals surface area contributed by atoms with Gasteiger partial charge in [0, 0.05) is 67.9 Å². The molecule has 1 spiro atoms. The van der Waals surface area contributed by atoms with Gasteiger partial charge in [0.15, 0.2) is 0 Å². The molecular weight excluding hydrogens is 392 g/mol. The number of rotatable bonds is 4. The molecule has 3 aliphatic rings. The van der Waals surface area contributed by atoms with Crippen molar-refractivity contribution in [2.45, 2.75) is 32.6 Å². The van der Waals surface area contributed by atoms with Gasteiger partial charge in [0.25, 0.3) is 0 Å². The maximum Gasteiger partial charge on any atom is 0.138 e. The second-order valence-electron chi connectivity index (χ2n) is 10.1. The van der Waals surface area contributed by atoms with Crippen LogP contribution in [-0.4, -0.2) is 47.5 Å². The molecule has 2 aromatic carbocycles. The van der Waals surface area contributed by atoms with Gasteiger partial charge in [-0.3, -0.25) is 0 Å². The normalized spacial score (nSPS) is 20.5. The molecule has 4 heteroatoms. The van der Waals surface area contributed by atoms with Crippen molar-refractivity contribution in [1.29, 1.82) is 0 Å². The molecule has 0 bridgehead atoms. The molecule has 2 aliphatic heterocycles. The minimum atomic E-state index is 0.477. The first-order chi connectivity index (χ1) is 15.7. The Hall–Kier alpha value is -2.85. The molecule has 1 saturated heterocycles. The number of nitrogens with zero attached hydrogens (tertiary/aromatic N) is 3. The first kappa shape index (κ1) is 19.8. The van der Waals surface area contributed by atoms with Crippen LogP contribution in [0.15, 0.2) is 71.5 Å². The first-order valence-corrected chi connectivity index (χ1v) is 12.0. The quantitative estimate of drug-likeness (QED) is 0.691. The Morgan fingerprint density at radius 1 is 1.00 bits per heavy atom. The zero-order valence-electron chi connectivity index (χ0n) is 19.0. The van der Waals surface area contributed by atoms with Crippen LogP contribution in [0.5, 0.6) is 0 Å². The molecule has 0 atom stereocenters. The Morgan fingerprint density at radius 3 is 2.75 bits per heavy atom. The number of fused-ring (bicyclic) bond motifs is 2. The van der Waals surface area contributed by atoms with Gasteiger partial charge in [-0.2, -0.15) is 0 Å². The van der Waals surface area contributed by atoms with Gasteiger partial charge in [-0.1, -0.05) is 42.5 Å². The summed E-state index contributed by atoms with van der Waals surface area (Å²) in [6.07, 6.45) is 8.92. The van der Waals surface area contributed by atoms with Crippen molar-refractivity contribution in [2.24, 2.45) is 10.4 Å². The zero-order valence-corrected chi connectivity index (χ0v) is 19.0. The molecule has 3 heterocycles. The Labute approximate surface area is 190 Å². The fraction of sp³-hybridized carbons (Fsp3) is 0.393. The minimum Gasteiger partial charge on any atom is -0.372 e. The van der Waals surface area contributed by atoms with Crippen molar-refractivity contribution < 1.29 is 0 Å². The van der Waals surface area contributed by atoms with Crippen molar-refractivity contribution in [3.05, 3.63) is 82.8 Å². The molecule has 0 unspecified atom stereocenters. The topological polar surface area (TPSA) is 34.6 Å². The smallest absolute Gasteiger partial charge is 0.138 e. The summed E-state index contributed by atoms with van der Waals surface area (Å²) >= 11 is 0. The maximum atomic E-state index is 4.67. The fourth-order valence-electron chi connectivity index (χ4n) is 5.51. The first-order valence-electron chi connectivity index (χ1n) is 12.0. The summed E-state index contributed by atoms with van der Waals surface area (Å²) in [5.41, 5.74) is 5.74. The Balaban J connectivity index is 1.21. The van der Waals surface area contributed by atoms with Crippen LogP contribution in [0, 0.1) is 5.41 Å². The van der Waals surface area contributed by atoms with E-state index in [0.29, 0.717) is 5.41 Å². The molecule has 1 saturated carbocycles. The van der Waals surface area contributed by atoms with E-state index in [1.807, 2.05) is 12.4 Å². The van der Waals surface area contributed by atoms with Gasteiger partial charge in [-0.15, -0.1) is 0 Å². The van der Waals surface area contributed by atoms with Gasteiger partial charge < -0.3 is 14.8 Å². The highest BCUT2D eigenvalue weighted by Gasteiger charge is 2.46. The highest BCUT2D eigenvalue weighted by atomic mass is 15.2. The second-order valence-corrected chi connectivity index (χ2v) is 10.1. The van der Waals surface area contributed by atoms with Gasteiger partial charge in [-0.25, -0.2) is 4.99 Å². The van der Waals surface area contributed by atoms with E-state index in [4.69, 9.17) is 0 Å². The van der Waals surface area contributed by atoms with Gasteiger partial charge in [0.05, 0.1) is 0 Å². The van der Waals surface area contributed by atoms with E-state index in [0.717, 1.165) is 38.0 Å². The third-order valence-corrected chi connectivity index (χ3v) is 7.54. The summed E-state index contributed by atoms with van der Waals surface area (Å²) in [4.78, 5) is 13.4. The van der Waals surface area contributed by atoms with E-state index in [9.17, 15) is 0 Å². The number of aromatic nitrogens is 1. The molecule has 164 valence electrons. The van der Waals surface area contributed by atoms with Crippen LogP contribution in [0.2, 0.25) is 0 Å². The van der Waals surface area contributed by atoms with E-state index in [2.05, 4.69) is 75.2 Å². The number of benzene rings is 2. The highest BCUT2D eigenvalue weighted by Crippen LogP contribution is 2.48. The third-order valence-electron chi connectivity index (χ3n) is 7.54. The number of aromatic amines is 1. The molecule has 1 N–H and O–H groups in total. The van der Waals surface area contributed by atoms with Crippen LogP contribution in [0.1, 0.15) is 31.7 Å². The third kappa shape index (κ3) is 3.88. The molecule has 2 fully saturated rings. The van der Waals surface area contributed by atoms with Gasteiger partial charge in [0.1, 0.15) is 5.49 Å². The van der Waals surface area contributed by atoms with Gasteiger partial charge >= 0.3 is 0 Å². The molecule has 0 amide bonds. The lowest BCUT2D eigenvalue weighted by Crippen LogP contribution is -2.36. The lowest BCUT2D eigenvalue weighted by Gasteiger charge is -2.28. The molecule has 1 aliphatic carbocycles. The van der Waals surface area contributed by atoms with Crippen molar-refractivity contribution >= 4 is 16.5 Å². The van der Waals surface area contributed by atoms with E-state index in [-0.39, 0.29) is 0 Å². The van der Waals surface area contributed by atoms with Crippen LogP contribution >= 0.6 is 0 Å². The molecular formula is C28H32N4. The van der Waals surface area contributed by atoms with Crippen LogP contribution in [0.3, 0.4) is 0 Å². The van der Waals surface area contributed by atoms with Crippen molar-refractivity contribution in [3.63, 3.8) is 0 Å². The van der Waals surface area contributed by atoms with E-state index < -0.39 is 0 Å². The highest BCUT2D eigenvalue weighted by molar-refractivity contribution is 5.82. The van der Waals surface area contributed by atoms with E-state index >= 15 is 0 Å². The molecule has 32 heavy (non-hydrogen) atoms. The number of hydrogen-bond acceptors (Lipinski definition) is 3. The predicted octanol–water partition coefficient (Wildman–Crippen LogP) is 3.84. The van der Waals surface area contributed by atoms with Crippen LogP contribution in [0.25, 0.3) is 16.5 Å². The average molecular weight is 425 g/mol. The number of nitrogens with one attached hydrogen (secondary N) is 1. The van der Waals surface area contributed by atoms with Crippen molar-refractivity contribution in [3.8, 4) is 0 Å². The summed E-state index contributed by atoms with van der Waals surface area (Å²) in [6.45, 7) is 8.02. The lowest BCUT2D eigenvalue weighted by atomic mass is 10.0.